The van der Waals surface area contributed by atoms with E-state index in [9.17, 15) is 0 Å². The summed E-state index contributed by atoms with van der Waals surface area (Å²) < 4.78 is 7.55. The summed E-state index contributed by atoms with van der Waals surface area (Å²) in [7, 11) is 1.71. The van der Waals surface area contributed by atoms with E-state index < -0.39 is 0 Å². The first-order chi connectivity index (χ1) is 12.7. The van der Waals surface area contributed by atoms with Gasteiger partial charge in [-0.05, 0) is 29.5 Å². The van der Waals surface area contributed by atoms with Crippen LogP contribution < -0.4 is 10.1 Å². The number of aromatic nitrogens is 3. The van der Waals surface area contributed by atoms with Gasteiger partial charge in [-0.1, -0.05) is 56.3 Å². The van der Waals surface area contributed by atoms with Gasteiger partial charge in [-0.3, -0.25) is 0 Å². The summed E-state index contributed by atoms with van der Waals surface area (Å²) in [5, 5.41) is 7.97. The fourth-order valence-corrected chi connectivity index (χ4v) is 3.65. The predicted octanol–water partition coefficient (Wildman–Crippen LogP) is 4.56. The molecule has 0 aliphatic carbocycles. The van der Waals surface area contributed by atoms with E-state index in [2.05, 4.69) is 59.6 Å². The van der Waals surface area contributed by atoms with Gasteiger partial charge in [-0.2, -0.15) is 10.1 Å². The second kappa shape index (κ2) is 6.83. The van der Waals surface area contributed by atoms with Crippen molar-refractivity contribution in [3.05, 3.63) is 71.5 Å². The number of nitrogens with one attached hydrogen (secondary N) is 1. The molecule has 2 heterocycles. The zero-order valence-electron chi connectivity index (χ0n) is 15.4. The Balaban J connectivity index is 1.70. The van der Waals surface area contributed by atoms with E-state index >= 15 is 0 Å². The number of nitrogens with zero attached hydrogens (tertiary/aromatic N) is 3. The molecule has 1 aliphatic heterocycles. The van der Waals surface area contributed by atoms with Crippen molar-refractivity contribution in [2.45, 2.75) is 38.3 Å². The highest BCUT2D eigenvalue weighted by Crippen LogP contribution is 2.40. The number of fused-ring (bicyclic) bond motifs is 1. The highest BCUT2D eigenvalue weighted by Gasteiger charge is 2.31. The normalized spacial score (nSPS) is 19.1. The zero-order valence-corrected chi connectivity index (χ0v) is 15.4. The van der Waals surface area contributed by atoms with Gasteiger partial charge in [0.2, 0.25) is 5.95 Å². The van der Waals surface area contributed by atoms with E-state index in [0.717, 1.165) is 23.7 Å². The Morgan fingerprint density at radius 1 is 1.12 bits per heavy atom. The van der Waals surface area contributed by atoms with Crippen LogP contribution in [0.15, 0.2) is 54.9 Å². The van der Waals surface area contributed by atoms with Crippen LogP contribution in [0.5, 0.6) is 5.75 Å². The van der Waals surface area contributed by atoms with Crippen LogP contribution in [-0.4, -0.2) is 21.9 Å². The first kappa shape index (κ1) is 16.6. The summed E-state index contributed by atoms with van der Waals surface area (Å²) in [6.07, 6.45) is 2.49. The largest absolute Gasteiger partial charge is 0.496 e. The van der Waals surface area contributed by atoms with Crippen LogP contribution in [0.1, 0.15) is 55.0 Å². The van der Waals surface area contributed by atoms with Gasteiger partial charge in [0.15, 0.2) is 0 Å². The first-order valence-electron chi connectivity index (χ1n) is 9.06. The molecule has 3 aromatic rings. The second-order valence-corrected chi connectivity index (χ2v) is 7.04. The minimum Gasteiger partial charge on any atom is -0.496 e. The van der Waals surface area contributed by atoms with Crippen molar-refractivity contribution >= 4 is 5.95 Å². The fourth-order valence-electron chi connectivity index (χ4n) is 3.65. The third kappa shape index (κ3) is 2.94. The quantitative estimate of drug-likeness (QED) is 0.751. The Kier molecular flexibility index (Phi) is 4.37. The van der Waals surface area contributed by atoms with Gasteiger partial charge in [0.25, 0.3) is 0 Å². The molecule has 0 fully saturated rings. The van der Waals surface area contributed by atoms with Gasteiger partial charge in [0.1, 0.15) is 12.1 Å². The number of anilines is 1. The lowest BCUT2D eigenvalue weighted by Gasteiger charge is -2.32. The van der Waals surface area contributed by atoms with E-state index in [1.165, 1.54) is 11.1 Å². The molecule has 2 aromatic carbocycles. The van der Waals surface area contributed by atoms with E-state index in [-0.39, 0.29) is 12.1 Å². The zero-order chi connectivity index (χ0) is 18.1. The van der Waals surface area contributed by atoms with Crippen molar-refractivity contribution in [2.75, 3.05) is 12.4 Å². The standard InChI is InChI=1S/C21H24N4O/c1-14(2)15-8-10-16(11-9-15)18-12-19(25-21(24-18)22-13-23-25)17-6-4-5-7-20(17)26-3/h4-11,13-14,18-19H,12H2,1-3H3,(H,22,23,24)/t18-,19+/m1/s1. The van der Waals surface area contributed by atoms with E-state index in [1.807, 2.05) is 22.9 Å². The van der Waals surface area contributed by atoms with Crippen LogP contribution in [0.25, 0.3) is 0 Å². The van der Waals surface area contributed by atoms with E-state index in [0.29, 0.717) is 5.92 Å². The number of methoxy groups -OCH3 is 1. The monoisotopic (exact) mass is 348 g/mol. The maximum Gasteiger partial charge on any atom is 0.222 e. The van der Waals surface area contributed by atoms with Gasteiger partial charge in [0, 0.05) is 5.56 Å². The number of hydrogen-bond donors (Lipinski definition) is 1. The maximum atomic E-state index is 5.59. The molecule has 5 nitrogen and oxygen atoms in total. The molecule has 1 aromatic heterocycles. The van der Waals surface area contributed by atoms with Crippen LogP contribution >= 0.6 is 0 Å². The van der Waals surface area contributed by atoms with Crippen LogP contribution in [0.2, 0.25) is 0 Å². The summed E-state index contributed by atoms with van der Waals surface area (Å²) in [4.78, 5) is 4.41. The lowest BCUT2D eigenvalue weighted by molar-refractivity contribution is 0.380. The number of ether oxygens (including phenoxy) is 1. The molecule has 0 saturated heterocycles. The Labute approximate surface area is 154 Å². The molecule has 134 valence electrons. The van der Waals surface area contributed by atoms with Crippen molar-refractivity contribution in [1.29, 1.82) is 0 Å². The summed E-state index contributed by atoms with van der Waals surface area (Å²) in [6.45, 7) is 4.43. The molecule has 2 atom stereocenters. The molecule has 1 aliphatic rings. The Hall–Kier alpha value is -2.82. The maximum absolute atomic E-state index is 5.59. The number of rotatable bonds is 4. The average molecular weight is 348 g/mol. The molecule has 0 unspecified atom stereocenters. The van der Waals surface area contributed by atoms with Crippen LogP contribution in [0, 0.1) is 0 Å². The third-order valence-electron chi connectivity index (χ3n) is 5.13. The Bertz CT molecular complexity index is 885. The van der Waals surface area contributed by atoms with Crippen molar-refractivity contribution in [3.8, 4) is 5.75 Å². The summed E-state index contributed by atoms with van der Waals surface area (Å²) in [5.74, 6) is 2.22. The first-order valence-corrected chi connectivity index (χ1v) is 9.06. The minimum absolute atomic E-state index is 0.0830. The van der Waals surface area contributed by atoms with E-state index in [1.54, 1.807) is 13.4 Å². The molecule has 26 heavy (non-hydrogen) atoms. The fraction of sp³-hybridized carbons (Fsp3) is 0.333. The second-order valence-electron chi connectivity index (χ2n) is 7.04. The van der Waals surface area contributed by atoms with Gasteiger partial charge in [-0.15, -0.1) is 0 Å². The summed E-state index contributed by atoms with van der Waals surface area (Å²) >= 11 is 0. The molecule has 0 bridgehead atoms. The van der Waals surface area contributed by atoms with Crippen LogP contribution in [0.4, 0.5) is 5.95 Å². The lowest BCUT2D eigenvalue weighted by Crippen LogP contribution is -2.28. The van der Waals surface area contributed by atoms with Gasteiger partial charge in [-0.25, -0.2) is 4.68 Å². The van der Waals surface area contributed by atoms with Crippen molar-refractivity contribution in [1.82, 2.24) is 14.8 Å². The average Bonchev–Trinajstić information content (AvgIpc) is 3.16. The highest BCUT2D eigenvalue weighted by molar-refractivity contribution is 5.43. The topological polar surface area (TPSA) is 52.0 Å². The Morgan fingerprint density at radius 2 is 1.88 bits per heavy atom. The molecule has 0 saturated carbocycles. The Morgan fingerprint density at radius 3 is 2.62 bits per heavy atom. The lowest BCUT2D eigenvalue weighted by atomic mass is 9.91. The molecule has 4 rings (SSSR count). The molecule has 0 amide bonds. The van der Waals surface area contributed by atoms with Gasteiger partial charge in [0.05, 0.1) is 19.2 Å². The smallest absolute Gasteiger partial charge is 0.222 e. The van der Waals surface area contributed by atoms with Crippen LogP contribution in [0.3, 0.4) is 0 Å². The van der Waals surface area contributed by atoms with Crippen LogP contribution in [-0.2, 0) is 0 Å². The molecule has 0 radical (unpaired) electrons. The third-order valence-corrected chi connectivity index (χ3v) is 5.13. The van der Waals surface area contributed by atoms with Crippen molar-refractivity contribution in [2.24, 2.45) is 0 Å². The van der Waals surface area contributed by atoms with Gasteiger partial charge < -0.3 is 10.1 Å². The predicted molar refractivity (Wildman–Crippen MR) is 103 cm³/mol. The van der Waals surface area contributed by atoms with Crippen molar-refractivity contribution in [3.63, 3.8) is 0 Å². The summed E-state index contributed by atoms with van der Waals surface area (Å²) in [6, 6.07) is 17.3. The molecule has 1 N–H and O–H groups in total. The minimum atomic E-state index is 0.0830. The molecular formula is C21H24N4O. The summed E-state index contributed by atoms with van der Waals surface area (Å²) in [5.41, 5.74) is 3.75. The number of para-hydroxylation sites is 1. The SMILES string of the molecule is COc1ccccc1[C@@H]1C[C@H](c2ccc(C(C)C)cc2)Nc2ncnn21. The van der Waals surface area contributed by atoms with Crippen molar-refractivity contribution < 1.29 is 4.74 Å². The van der Waals surface area contributed by atoms with E-state index in [4.69, 9.17) is 4.74 Å². The molecule has 5 heteroatoms. The highest BCUT2D eigenvalue weighted by atomic mass is 16.5. The van der Waals surface area contributed by atoms with Gasteiger partial charge >= 0.3 is 0 Å². The number of benzene rings is 2. The molecule has 0 spiro atoms. The molecular weight excluding hydrogens is 324 g/mol. The number of hydrogen-bond acceptors (Lipinski definition) is 4.